The molecule has 0 radical (unpaired) electrons. The van der Waals surface area contributed by atoms with E-state index in [2.05, 4.69) is 31.3 Å². The van der Waals surface area contributed by atoms with E-state index >= 15 is 0 Å². The Kier molecular flexibility index (Phi) is 54.2. The van der Waals surface area contributed by atoms with Crippen molar-refractivity contribution in [2.24, 2.45) is 0 Å². The number of ether oxygens (including phenoxy) is 3. The first-order valence-electron chi connectivity index (χ1n) is 33.6. The van der Waals surface area contributed by atoms with Gasteiger partial charge in [-0.1, -0.05) is 282 Å². The van der Waals surface area contributed by atoms with Crippen LogP contribution in [0.4, 0.5) is 0 Å². The number of carbonyl (C=O) groups is 2. The molecule has 0 aromatic heterocycles. The van der Waals surface area contributed by atoms with Crippen LogP contribution in [0.15, 0.2) is 24.3 Å². The van der Waals surface area contributed by atoms with Crippen LogP contribution < -0.4 is 5.32 Å². The van der Waals surface area contributed by atoms with Crippen molar-refractivity contribution in [2.75, 3.05) is 19.8 Å². The van der Waals surface area contributed by atoms with Gasteiger partial charge in [0.15, 0.2) is 6.29 Å². The van der Waals surface area contributed by atoms with Crippen molar-refractivity contribution in [3.63, 3.8) is 0 Å². The van der Waals surface area contributed by atoms with Crippen LogP contribution in [0.2, 0.25) is 0 Å². The van der Waals surface area contributed by atoms with Gasteiger partial charge in [-0.05, 0) is 57.8 Å². The van der Waals surface area contributed by atoms with Gasteiger partial charge in [0.25, 0.3) is 0 Å². The Hall–Kier alpha value is -1.86. The molecule has 0 aliphatic carbocycles. The number of unbranched alkanes of at least 4 members (excludes halogenated alkanes) is 43. The summed E-state index contributed by atoms with van der Waals surface area (Å²) in [5, 5.41) is 54.4. The summed E-state index contributed by atoms with van der Waals surface area (Å²) in [6, 6.07) is -0.809. The SMILES string of the molecule is CCCCCCCCCCC/C=C/C(O)C(COC1OC(CO)C(O)C(O)C1O)NC(=O)CCCCCCCCCCCCCC/C=C\CCCCCCCCCCCCCCOC(=O)CCCCCCCCCCCCC. The van der Waals surface area contributed by atoms with Crippen LogP contribution in [0, 0.1) is 0 Å². The molecule has 7 unspecified atom stereocenters. The first-order valence-corrected chi connectivity index (χ1v) is 33.6. The van der Waals surface area contributed by atoms with Crippen molar-refractivity contribution in [1.82, 2.24) is 5.32 Å². The number of nitrogens with one attached hydrogen (secondary N) is 1. The highest BCUT2D eigenvalue weighted by Crippen LogP contribution is 2.23. The van der Waals surface area contributed by atoms with Gasteiger partial charge in [0.2, 0.25) is 5.91 Å². The molecular formula is C67H127NO10. The molecule has 1 saturated heterocycles. The lowest BCUT2D eigenvalue weighted by molar-refractivity contribution is -0.302. The Bertz CT molecular complexity index is 1350. The van der Waals surface area contributed by atoms with Gasteiger partial charge >= 0.3 is 5.97 Å². The molecule has 78 heavy (non-hydrogen) atoms. The van der Waals surface area contributed by atoms with E-state index < -0.39 is 49.5 Å². The quantitative estimate of drug-likeness (QED) is 0.0195. The van der Waals surface area contributed by atoms with Gasteiger partial charge < -0.3 is 45.1 Å². The number of aliphatic hydroxyl groups excluding tert-OH is 5. The molecular weight excluding hydrogens is 979 g/mol. The zero-order valence-electron chi connectivity index (χ0n) is 50.9. The van der Waals surface area contributed by atoms with Gasteiger partial charge in [-0.25, -0.2) is 0 Å². The minimum atomic E-state index is -1.57. The number of amides is 1. The highest BCUT2D eigenvalue weighted by Gasteiger charge is 2.44. The van der Waals surface area contributed by atoms with E-state index in [0.29, 0.717) is 19.4 Å². The van der Waals surface area contributed by atoms with Crippen LogP contribution in [-0.2, 0) is 23.8 Å². The average Bonchev–Trinajstić information content (AvgIpc) is 3.44. The first-order chi connectivity index (χ1) is 38.2. The summed E-state index contributed by atoms with van der Waals surface area (Å²) in [5.41, 5.74) is 0. The van der Waals surface area contributed by atoms with Gasteiger partial charge in [-0.2, -0.15) is 0 Å². The average molecular weight is 1110 g/mol. The van der Waals surface area contributed by atoms with Gasteiger partial charge in [-0.3, -0.25) is 9.59 Å². The van der Waals surface area contributed by atoms with E-state index in [4.69, 9.17) is 14.2 Å². The van der Waals surface area contributed by atoms with Crippen molar-refractivity contribution >= 4 is 11.9 Å². The monoisotopic (exact) mass is 1110 g/mol. The van der Waals surface area contributed by atoms with E-state index in [1.165, 1.54) is 244 Å². The number of esters is 1. The maximum Gasteiger partial charge on any atom is 0.305 e. The summed E-state index contributed by atoms with van der Waals surface area (Å²) in [5.74, 6) is -0.174. The molecule has 1 fully saturated rings. The third-order valence-corrected chi connectivity index (χ3v) is 16.1. The van der Waals surface area contributed by atoms with E-state index in [1.807, 2.05) is 6.08 Å². The van der Waals surface area contributed by atoms with E-state index in [9.17, 15) is 35.1 Å². The highest BCUT2D eigenvalue weighted by molar-refractivity contribution is 5.76. The fraction of sp³-hybridized carbons (Fsp3) is 0.910. The molecule has 11 heteroatoms. The van der Waals surface area contributed by atoms with Crippen molar-refractivity contribution < 1.29 is 49.3 Å². The van der Waals surface area contributed by atoms with Crippen molar-refractivity contribution in [2.45, 2.75) is 371 Å². The molecule has 6 N–H and O–H groups in total. The molecule has 0 saturated carbocycles. The molecule has 0 aromatic carbocycles. The lowest BCUT2D eigenvalue weighted by Crippen LogP contribution is -2.60. The Morgan fingerprint density at radius 1 is 0.462 bits per heavy atom. The molecule has 0 spiro atoms. The molecule has 0 bridgehead atoms. The molecule has 11 nitrogen and oxygen atoms in total. The lowest BCUT2D eigenvalue weighted by Gasteiger charge is -2.40. The normalized spacial score (nSPS) is 18.6. The molecule has 1 amide bonds. The second-order valence-electron chi connectivity index (χ2n) is 23.5. The van der Waals surface area contributed by atoms with Crippen molar-refractivity contribution in [3.8, 4) is 0 Å². The standard InChI is InChI=1S/C67H127NO10/c1-3-5-7-9-11-13-33-37-41-45-49-53-60(70)59(58-77-67-66(75)65(74)64(73)61(57-69)78-67)68-62(71)54-50-46-42-38-35-31-29-27-25-23-21-19-17-15-16-18-20-22-24-26-28-30-32-36-40-44-48-52-56-76-63(72)55-51-47-43-39-34-14-12-10-8-6-4-2/h15-16,49,53,59-61,64-67,69-70,73-75H,3-14,17-48,50-52,54-58H2,1-2H3,(H,68,71)/b16-15-,53-49+. The molecule has 1 rings (SSSR count). The molecule has 1 aliphatic rings. The van der Waals surface area contributed by atoms with E-state index in [-0.39, 0.29) is 18.5 Å². The molecule has 1 heterocycles. The summed E-state index contributed by atoms with van der Waals surface area (Å²) in [6.45, 7) is 4.36. The Labute approximate surface area is 480 Å². The second kappa shape index (κ2) is 57.0. The Morgan fingerprint density at radius 3 is 1.23 bits per heavy atom. The maximum absolute atomic E-state index is 13.0. The predicted octanol–water partition coefficient (Wildman–Crippen LogP) is 16.5. The van der Waals surface area contributed by atoms with Crippen LogP contribution in [0.25, 0.3) is 0 Å². The summed E-state index contributed by atoms with van der Waals surface area (Å²) < 4.78 is 16.7. The van der Waals surface area contributed by atoms with Crippen LogP contribution in [0.3, 0.4) is 0 Å². The summed E-state index contributed by atoms with van der Waals surface area (Å²) in [4.78, 5) is 25.1. The fourth-order valence-corrected chi connectivity index (χ4v) is 10.7. The number of allylic oxidation sites excluding steroid dienone is 3. The fourth-order valence-electron chi connectivity index (χ4n) is 10.7. The lowest BCUT2D eigenvalue weighted by atomic mass is 9.99. The minimum Gasteiger partial charge on any atom is -0.466 e. The summed E-state index contributed by atoms with van der Waals surface area (Å²) in [6.07, 6.45) is 60.2. The number of hydrogen-bond donors (Lipinski definition) is 6. The zero-order valence-corrected chi connectivity index (χ0v) is 50.9. The van der Waals surface area contributed by atoms with Gasteiger partial charge in [-0.15, -0.1) is 0 Å². The summed E-state index contributed by atoms with van der Waals surface area (Å²) in [7, 11) is 0. The molecule has 460 valence electrons. The van der Waals surface area contributed by atoms with Gasteiger partial charge in [0, 0.05) is 12.8 Å². The van der Waals surface area contributed by atoms with Crippen LogP contribution in [0.1, 0.15) is 328 Å². The highest BCUT2D eigenvalue weighted by atomic mass is 16.7. The molecule has 7 atom stereocenters. The minimum absolute atomic E-state index is 0.00673. The van der Waals surface area contributed by atoms with E-state index in [0.717, 1.165) is 57.8 Å². The van der Waals surface area contributed by atoms with E-state index in [1.54, 1.807) is 6.08 Å². The van der Waals surface area contributed by atoms with Crippen LogP contribution in [-0.4, -0.2) is 100 Å². The van der Waals surface area contributed by atoms with Crippen molar-refractivity contribution in [3.05, 3.63) is 24.3 Å². The largest absolute Gasteiger partial charge is 0.466 e. The first kappa shape index (κ1) is 74.2. The second-order valence-corrected chi connectivity index (χ2v) is 23.5. The third-order valence-electron chi connectivity index (χ3n) is 16.1. The smallest absolute Gasteiger partial charge is 0.305 e. The topological polar surface area (TPSA) is 175 Å². The number of aliphatic hydroxyl groups is 5. The predicted molar refractivity (Wildman–Crippen MR) is 324 cm³/mol. The molecule has 1 aliphatic heterocycles. The maximum atomic E-state index is 13.0. The van der Waals surface area contributed by atoms with Gasteiger partial charge in [0.05, 0.1) is 32.0 Å². The third kappa shape index (κ3) is 45.7. The Morgan fingerprint density at radius 2 is 0.821 bits per heavy atom. The number of hydrogen-bond acceptors (Lipinski definition) is 10. The van der Waals surface area contributed by atoms with Crippen LogP contribution >= 0.6 is 0 Å². The summed E-state index contributed by atoms with van der Waals surface area (Å²) >= 11 is 0. The van der Waals surface area contributed by atoms with Crippen LogP contribution in [0.5, 0.6) is 0 Å². The number of rotatable bonds is 59. The Balaban J connectivity index is 1.98. The molecule has 0 aromatic rings. The van der Waals surface area contributed by atoms with Gasteiger partial charge in [0.1, 0.15) is 24.4 Å². The number of carbonyl (C=O) groups excluding carboxylic acids is 2. The van der Waals surface area contributed by atoms with Crippen molar-refractivity contribution in [1.29, 1.82) is 0 Å². The zero-order chi connectivity index (χ0) is 56.6.